The predicted molar refractivity (Wildman–Crippen MR) is 68.8 cm³/mol. The lowest BCUT2D eigenvalue weighted by Crippen LogP contribution is -1.93. The van der Waals surface area contributed by atoms with Gasteiger partial charge in [0.2, 0.25) is 0 Å². The number of anilines is 1. The highest BCUT2D eigenvalue weighted by Crippen LogP contribution is 2.29. The van der Waals surface area contributed by atoms with Gasteiger partial charge in [-0.05, 0) is 30.3 Å². The normalized spacial score (nSPS) is 10.2. The van der Waals surface area contributed by atoms with Crippen LogP contribution in [0.15, 0.2) is 36.4 Å². The molecule has 4 nitrogen and oxygen atoms in total. The fourth-order valence-electron chi connectivity index (χ4n) is 1.61. The highest BCUT2D eigenvalue weighted by molar-refractivity contribution is 5.58. The number of hydrogen-bond donors (Lipinski definition) is 2. The number of halogens is 1. The van der Waals surface area contributed by atoms with Crippen LogP contribution in [0.1, 0.15) is 5.56 Å². The number of aromatic hydroxyl groups is 1. The van der Waals surface area contributed by atoms with E-state index in [1.165, 1.54) is 30.3 Å². The van der Waals surface area contributed by atoms with Crippen LogP contribution in [0.3, 0.4) is 0 Å². The molecule has 0 atom stereocenters. The van der Waals surface area contributed by atoms with Gasteiger partial charge in [0.25, 0.3) is 0 Å². The van der Waals surface area contributed by atoms with Crippen LogP contribution in [0.2, 0.25) is 0 Å². The number of carbonyl (C=O) groups is 1. The lowest BCUT2D eigenvalue weighted by atomic mass is 10.1. The highest BCUT2D eigenvalue weighted by Gasteiger charge is 2.07. The molecule has 0 amide bonds. The van der Waals surface area contributed by atoms with Gasteiger partial charge in [-0.3, -0.25) is 0 Å². The van der Waals surface area contributed by atoms with Crippen LogP contribution >= 0.6 is 0 Å². The third-order valence-electron chi connectivity index (χ3n) is 2.54. The van der Waals surface area contributed by atoms with Crippen molar-refractivity contribution < 1.29 is 19.0 Å². The lowest BCUT2D eigenvalue weighted by Gasteiger charge is -2.09. The quantitative estimate of drug-likeness (QED) is 0.655. The third kappa shape index (κ3) is 3.01. The molecular formula is C14H12FNO3. The summed E-state index contributed by atoms with van der Waals surface area (Å²) in [5.74, 6) is -0.225. The second kappa shape index (κ2) is 5.39. The monoisotopic (exact) mass is 261 g/mol. The molecule has 0 aliphatic rings. The van der Waals surface area contributed by atoms with Crippen LogP contribution < -0.4 is 10.5 Å². The van der Waals surface area contributed by atoms with Crippen LogP contribution in [0.5, 0.6) is 17.2 Å². The van der Waals surface area contributed by atoms with E-state index in [1.807, 2.05) is 0 Å². The van der Waals surface area contributed by atoms with E-state index < -0.39 is 5.82 Å². The SMILES string of the molecule is Nc1ccc(Oc2ccc(O)c(CC=O)c2)c(F)c1. The summed E-state index contributed by atoms with van der Waals surface area (Å²) in [4.78, 5) is 10.5. The van der Waals surface area contributed by atoms with Crippen molar-refractivity contribution in [2.75, 3.05) is 5.73 Å². The predicted octanol–water partition coefficient (Wildman–Crippen LogP) is 2.65. The molecule has 0 aliphatic carbocycles. The van der Waals surface area contributed by atoms with E-state index >= 15 is 0 Å². The molecule has 2 aromatic rings. The summed E-state index contributed by atoms with van der Waals surface area (Å²) in [5, 5.41) is 9.52. The van der Waals surface area contributed by atoms with E-state index in [2.05, 4.69) is 0 Å². The zero-order valence-electron chi connectivity index (χ0n) is 9.97. The maximum atomic E-state index is 13.6. The minimum Gasteiger partial charge on any atom is -0.508 e. The van der Waals surface area contributed by atoms with Crippen LogP contribution in [0.25, 0.3) is 0 Å². The molecule has 0 fully saturated rings. The van der Waals surface area contributed by atoms with Crippen molar-refractivity contribution in [2.24, 2.45) is 0 Å². The second-order valence-corrected chi connectivity index (χ2v) is 3.95. The summed E-state index contributed by atoms with van der Waals surface area (Å²) in [5.41, 5.74) is 6.16. The van der Waals surface area contributed by atoms with Crippen molar-refractivity contribution in [1.29, 1.82) is 0 Å². The molecule has 98 valence electrons. The first kappa shape index (κ1) is 12.9. The Kier molecular flexibility index (Phi) is 3.66. The van der Waals surface area contributed by atoms with Crippen molar-refractivity contribution in [3.8, 4) is 17.2 Å². The Morgan fingerprint density at radius 1 is 1.26 bits per heavy atom. The lowest BCUT2D eigenvalue weighted by molar-refractivity contribution is -0.107. The molecular weight excluding hydrogens is 249 g/mol. The van der Waals surface area contributed by atoms with Crippen LogP contribution in [0, 0.1) is 5.82 Å². The Morgan fingerprint density at radius 2 is 2.05 bits per heavy atom. The van der Waals surface area contributed by atoms with Crippen molar-refractivity contribution in [3.63, 3.8) is 0 Å². The van der Waals surface area contributed by atoms with Gasteiger partial charge in [-0.1, -0.05) is 0 Å². The van der Waals surface area contributed by atoms with E-state index in [-0.39, 0.29) is 17.9 Å². The van der Waals surface area contributed by atoms with Crippen LogP contribution in [0.4, 0.5) is 10.1 Å². The molecule has 0 aliphatic heterocycles. The molecule has 2 rings (SSSR count). The summed E-state index contributed by atoms with van der Waals surface area (Å²) in [6, 6.07) is 8.45. The van der Waals surface area contributed by atoms with Gasteiger partial charge >= 0.3 is 0 Å². The van der Waals surface area contributed by atoms with Crippen molar-refractivity contribution in [3.05, 3.63) is 47.8 Å². The number of benzene rings is 2. The third-order valence-corrected chi connectivity index (χ3v) is 2.54. The van der Waals surface area contributed by atoms with Gasteiger partial charge in [0.15, 0.2) is 11.6 Å². The number of carbonyl (C=O) groups excluding carboxylic acids is 1. The molecule has 0 unspecified atom stereocenters. The highest BCUT2D eigenvalue weighted by atomic mass is 19.1. The number of nitrogens with two attached hydrogens (primary N) is 1. The van der Waals surface area contributed by atoms with E-state index in [9.17, 15) is 14.3 Å². The molecule has 0 radical (unpaired) electrons. The fourth-order valence-corrected chi connectivity index (χ4v) is 1.61. The standard InChI is InChI=1S/C14H12FNO3/c15-12-8-10(16)1-4-14(12)19-11-2-3-13(18)9(7-11)5-6-17/h1-4,6-8,18H,5,16H2. The Labute approximate surface area is 109 Å². The number of hydrogen-bond acceptors (Lipinski definition) is 4. The van der Waals surface area contributed by atoms with Gasteiger partial charge in [-0.2, -0.15) is 0 Å². The molecule has 0 saturated heterocycles. The van der Waals surface area contributed by atoms with Gasteiger partial charge < -0.3 is 20.4 Å². The van der Waals surface area contributed by atoms with Gasteiger partial charge in [-0.15, -0.1) is 0 Å². The van der Waals surface area contributed by atoms with Gasteiger partial charge in [0.1, 0.15) is 17.8 Å². The van der Waals surface area contributed by atoms with E-state index in [0.717, 1.165) is 6.07 Å². The summed E-state index contributed by atoms with van der Waals surface area (Å²) < 4.78 is 18.9. The molecule has 2 aromatic carbocycles. The average Bonchev–Trinajstić information content (AvgIpc) is 2.37. The molecule has 0 saturated carbocycles. The van der Waals surface area contributed by atoms with Crippen molar-refractivity contribution in [1.82, 2.24) is 0 Å². The van der Waals surface area contributed by atoms with E-state index in [1.54, 1.807) is 0 Å². The molecule has 0 bridgehead atoms. The maximum absolute atomic E-state index is 13.6. The van der Waals surface area contributed by atoms with E-state index in [0.29, 0.717) is 23.3 Å². The maximum Gasteiger partial charge on any atom is 0.167 e. The molecule has 0 heterocycles. The fraction of sp³-hybridized carbons (Fsp3) is 0.0714. The van der Waals surface area contributed by atoms with Crippen LogP contribution in [-0.4, -0.2) is 11.4 Å². The number of rotatable bonds is 4. The van der Waals surface area contributed by atoms with Gasteiger partial charge in [0.05, 0.1) is 0 Å². The summed E-state index contributed by atoms with van der Waals surface area (Å²) >= 11 is 0. The number of nitrogen functional groups attached to an aromatic ring is 1. The smallest absolute Gasteiger partial charge is 0.167 e. The molecule has 5 heteroatoms. The topological polar surface area (TPSA) is 72.6 Å². The first-order valence-corrected chi connectivity index (χ1v) is 5.58. The van der Waals surface area contributed by atoms with E-state index in [4.69, 9.17) is 10.5 Å². The van der Waals surface area contributed by atoms with Gasteiger partial charge in [-0.25, -0.2) is 4.39 Å². The summed E-state index contributed by atoms with van der Waals surface area (Å²) in [6.45, 7) is 0. The van der Waals surface area contributed by atoms with Crippen molar-refractivity contribution in [2.45, 2.75) is 6.42 Å². The zero-order valence-corrected chi connectivity index (χ0v) is 9.97. The second-order valence-electron chi connectivity index (χ2n) is 3.95. The molecule has 0 spiro atoms. The molecule has 3 N–H and O–H groups in total. The number of aldehydes is 1. The first-order valence-electron chi connectivity index (χ1n) is 5.58. The molecule has 0 aromatic heterocycles. The average molecular weight is 261 g/mol. The van der Waals surface area contributed by atoms with Gasteiger partial charge in [0, 0.05) is 23.7 Å². The minimum absolute atomic E-state index is 0.00257. The summed E-state index contributed by atoms with van der Waals surface area (Å²) in [6.07, 6.45) is 0.732. The summed E-state index contributed by atoms with van der Waals surface area (Å²) in [7, 11) is 0. The largest absolute Gasteiger partial charge is 0.508 e. The Bertz CT molecular complexity index is 614. The Hall–Kier alpha value is -2.56. The Balaban J connectivity index is 2.27. The number of ether oxygens (including phenoxy) is 1. The minimum atomic E-state index is -0.579. The Morgan fingerprint density at radius 3 is 2.74 bits per heavy atom. The number of phenols is 1. The van der Waals surface area contributed by atoms with Crippen molar-refractivity contribution >= 4 is 12.0 Å². The number of phenolic OH excluding ortho intramolecular Hbond substituents is 1. The van der Waals surface area contributed by atoms with Crippen LogP contribution in [-0.2, 0) is 11.2 Å². The molecule has 19 heavy (non-hydrogen) atoms. The zero-order chi connectivity index (χ0) is 13.8. The first-order chi connectivity index (χ1) is 9.10.